The van der Waals surface area contributed by atoms with Crippen molar-refractivity contribution in [2.75, 3.05) is 21.3 Å². The Morgan fingerprint density at radius 3 is 2.47 bits per heavy atom. The molecule has 0 saturated heterocycles. The fourth-order valence-corrected chi connectivity index (χ4v) is 2.31. The van der Waals surface area contributed by atoms with Crippen LogP contribution in [0.3, 0.4) is 0 Å². The van der Waals surface area contributed by atoms with E-state index in [9.17, 15) is 4.79 Å². The first-order valence-corrected chi connectivity index (χ1v) is 6.10. The molecule has 1 amide bonds. The standard InChI is InChI=1S/C12H17NO3S/c1-8(12(14)13-2)17-9-5-6-10(15-3)11(7-9)16-4/h5-8H,1-4H3,(H,13,14). The maximum absolute atomic E-state index is 11.4. The fourth-order valence-electron chi connectivity index (χ4n) is 1.35. The van der Waals surface area contributed by atoms with Crippen molar-refractivity contribution in [3.05, 3.63) is 18.2 Å². The van der Waals surface area contributed by atoms with E-state index in [1.54, 1.807) is 21.3 Å². The molecule has 0 aliphatic carbocycles. The highest BCUT2D eigenvalue weighted by Crippen LogP contribution is 2.33. The van der Waals surface area contributed by atoms with E-state index in [-0.39, 0.29) is 11.2 Å². The van der Waals surface area contributed by atoms with Gasteiger partial charge in [-0.05, 0) is 25.1 Å². The Morgan fingerprint density at radius 1 is 1.29 bits per heavy atom. The topological polar surface area (TPSA) is 47.6 Å². The molecule has 94 valence electrons. The molecule has 0 aliphatic heterocycles. The molecule has 0 fully saturated rings. The van der Waals surface area contributed by atoms with Gasteiger partial charge >= 0.3 is 0 Å². The van der Waals surface area contributed by atoms with E-state index in [0.717, 1.165) is 4.90 Å². The van der Waals surface area contributed by atoms with Gasteiger partial charge in [-0.1, -0.05) is 0 Å². The number of rotatable bonds is 5. The van der Waals surface area contributed by atoms with E-state index < -0.39 is 0 Å². The van der Waals surface area contributed by atoms with Gasteiger partial charge < -0.3 is 14.8 Å². The summed E-state index contributed by atoms with van der Waals surface area (Å²) in [7, 11) is 4.82. The number of hydrogen-bond acceptors (Lipinski definition) is 4. The number of methoxy groups -OCH3 is 2. The van der Waals surface area contributed by atoms with Crippen LogP contribution in [0, 0.1) is 0 Å². The zero-order valence-corrected chi connectivity index (χ0v) is 11.3. The normalized spacial score (nSPS) is 11.8. The predicted molar refractivity (Wildman–Crippen MR) is 68.9 cm³/mol. The molecule has 0 spiro atoms. The molecule has 1 atom stereocenters. The molecular formula is C12H17NO3S. The second-order valence-corrected chi connectivity index (χ2v) is 4.81. The quantitative estimate of drug-likeness (QED) is 0.817. The Labute approximate surface area is 106 Å². The molecule has 0 radical (unpaired) electrons. The van der Waals surface area contributed by atoms with Gasteiger partial charge in [-0.25, -0.2) is 0 Å². The lowest BCUT2D eigenvalue weighted by molar-refractivity contribution is -0.119. The first kappa shape index (κ1) is 13.7. The maximum atomic E-state index is 11.4. The molecule has 1 N–H and O–H groups in total. The first-order valence-electron chi connectivity index (χ1n) is 5.22. The highest BCUT2D eigenvalue weighted by Gasteiger charge is 2.13. The summed E-state index contributed by atoms with van der Waals surface area (Å²) in [5.41, 5.74) is 0. The number of carbonyl (C=O) groups is 1. The number of benzene rings is 1. The van der Waals surface area contributed by atoms with Crippen LogP contribution in [-0.4, -0.2) is 32.4 Å². The van der Waals surface area contributed by atoms with Crippen molar-refractivity contribution in [3.63, 3.8) is 0 Å². The summed E-state index contributed by atoms with van der Waals surface area (Å²) in [5, 5.41) is 2.48. The van der Waals surface area contributed by atoms with Crippen LogP contribution in [-0.2, 0) is 4.79 Å². The van der Waals surface area contributed by atoms with Crippen molar-refractivity contribution < 1.29 is 14.3 Å². The largest absolute Gasteiger partial charge is 0.493 e. The lowest BCUT2D eigenvalue weighted by Crippen LogP contribution is -2.27. The number of carbonyl (C=O) groups excluding carboxylic acids is 1. The minimum Gasteiger partial charge on any atom is -0.493 e. The van der Waals surface area contributed by atoms with Gasteiger partial charge in [-0.2, -0.15) is 0 Å². The Balaban J connectivity index is 2.82. The summed E-state index contributed by atoms with van der Waals surface area (Å²) in [5.74, 6) is 1.36. The van der Waals surface area contributed by atoms with Crippen LogP contribution < -0.4 is 14.8 Å². The maximum Gasteiger partial charge on any atom is 0.232 e. The molecule has 1 unspecified atom stereocenters. The molecule has 0 aliphatic rings. The van der Waals surface area contributed by atoms with Gasteiger partial charge in [0.1, 0.15) is 0 Å². The van der Waals surface area contributed by atoms with E-state index in [1.807, 2.05) is 25.1 Å². The SMILES string of the molecule is CNC(=O)C(C)Sc1ccc(OC)c(OC)c1. The fraction of sp³-hybridized carbons (Fsp3) is 0.417. The molecule has 1 rings (SSSR count). The van der Waals surface area contributed by atoms with E-state index in [1.165, 1.54) is 11.8 Å². The molecule has 1 aromatic carbocycles. The first-order chi connectivity index (χ1) is 8.12. The number of ether oxygens (including phenoxy) is 2. The van der Waals surface area contributed by atoms with Crippen LogP contribution in [0.15, 0.2) is 23.1 Å². The van der Waals surface area contributed by atoms with Crippen LogP contribution in [0.4, 0.5) is 0 Å². The minimum atomic E-state index is -0.141. The van der Waals surface area contributed by atoms with Gasteiger partial charge in [0.25, 0.3) is 0 Å². The van der Waals surface area contributed by atoms with Crippen molar-refractivity contribution in [1.29, 1.82) is 0 Å². The molecule has 0 saturated carbocycles. The van der Waals surface area contributed by atoms with Gasteiger partial charge in [-0.3, -0.25) is 4.79 Å². The second-order valence-electron chi connectivity index (χ2n) is 3.39. The van der Waals surface area contributed by atoms with E-state index in [2.05, 4.69) is 5.32 Å². The number of hydrogen-bond donors (Lipinski definition) is 1. The highest BCUT2D eigenvalue weighted by atomic mass is 32.2. The lowest BCUT2D eigenvalue weighted by atomic mass is 10.3. The van der Waals surface area contributed by atoms with Crippen molar-refractivity contribution in [3.8, 4) is 11.5 Å². The number of thioether (sulfide) groups is 1. The summed E-state index contributed by atoms with van der Waals surface area (Å²) in [4.78, 5) is 12.4. The van der Waals surface area contributed by atoms with E-state index in [0.29, 0.717) is 11.5 Å². The van der Waals surface area contributed by atoms with Crippen molar-refractivity contribution in [1.82, 2.24) is 5.32 Å². The molecule has 0 bridgehead atoms. The zero-order chi connectivity index (χ0) is 12.8. The van der Waals surface area contributed by atoms with Gasteiger partial charge in [-0.15, -0.1) is 11.8 Å². The Kier molecular flexibility index (Phi) is 5.15. The van der Waals surface area contributed by atoms with Gasteiger partial charge in [0.15, 0.2) is 11.5 Å². The molecule has 5 heteroatoms. The average Bonchev–Trinajstić information content (AvgIpc) is 2.37. The van der Waals surface area contributed by atoms with Gasteiger partial charge in [0, 0.05) is 11.9 Å². The summed E-state index contributed by atoms with van der Waals surface area (Å²) in [6.45, 7) is 1.86. The Hall–Kier alpha value is -1.36. The van der Waals surface area contributed by atoms with Gasteiger partial charge in [0.2, 0.25) is 5.91 Å². The molecule has 4 nitrogen and oxygen atoms in total. The number of amides is 1. The zero-order valence-electron chi connectivity index (χ0n) is 10.4. The monoisotopic (exact) mass is 255 g/mol. The minimum absolute atomic E-state index is 0.00443. The van der Waals surface area contributed by atoms with Crippen molar-refractivity contribution >= 4 is 17.7 Å². The Bertz CT molecular complexity index is 395. The van der Waals surface area contributed by atoms with E-state index >= 15 is 0 Å². The number of nitrogens with one attached hydrogen (secondary N) is 1. The smallest absolute Gasteiger partial charge is 0.232 e. The second kappa shape index (κ2) is 6.39. The molecule has 1 aromatic rings. The average molecular weight is 255 g/mol. The van der Waals surface area contributed by atoms with Gasteiger partial charge in [0.05, 0.1) is 19.5 Å². The molecule has 0 heterocycles. The van der Waals surface area contributed by atoms with Crippen LogP contribution in [0.2, 0.25) is 0 Å². The van der Waals surface area contributed by atoms with Crippen molar-refractivity contribution in [2.45, 2.75) is 17.1 Å². The van der Waals surface area contributed by atoms with Crippen LogP contribution in [0.1, 0.15) is 6.92 Å². The molecule has 0 aromatic heterocycles. The van der Waals surface area contributed by atoms with Crippen molar-refractivity contribution in [2.24, 2.45) is 0 Å². The van der Waals surface area contributed by atoms with Crippen LogP contribution >= 0.6 is 11.8 Å². The highest BCUT2D eigenvalue weighted by molar-refractivity contribution is 8.00. The third-order valence-electron chi connectivity index (χ3n) is 2.28. The predicted octanol–water partition coefficient (Wildman–Crippen LogP) is 1.93. The van der Waals surface area contributed by atoms with Crippen LogP contribution in [0.5, 0.6) is 11.5 Å². The van der Waals surface area contributed by atoms with E-state index in [4.69, 9.17) is 9.47 Å². The summed E-state index contributed by atoms with van der Waals surface area (Å²) in [6, 6.07) is 5.60. The lowest BCUT2D eigenvalue weighted by Gasteiger charge is -2.12. The summed E-state index contributed by atoms with van der Waals surface area (Å²) in [6.07, 6.45) is 0. The summed E-state index contributed by atoms with van der Waals surface area (Å²) >= 11 is 1.48. The van der Waals surface area contributed by atoms with Crippen LogP contribution in [0.25, 0.3) is 0 Å². The third kappa shape index (κ3) is 3.56. The Morgan fingerprint density at radius 2 is 1.94 bits per heavy atom. The molecular weight excluding hydrogens is 238 g/mol. The summed E-state index contributed by atoms with van der Waals surface area (Å²) < 4.78 is 10.4. The molecule has 17 heavy (non-hydrogen) atoms. The third-order valence-corrected chi connectivity index (χ3v) is 3.38.